The number of carbonyl (C=O) groups excluding carboxylic acids is 1. The number of hydrogen-bond donors (Lipinski definition) is 0. The molecule has 0 unspecified atom stereocenters. The highest BCUT2D eigenvalue weighted by Crippen LogP contribution is 2.40. The Morgan fingerprint density at radius 3 is 2.68 bits per heavy atom. The third-order valence-corrected chi connectivity index (χ3v) is 7.12. The van der Waals surface area contributed by atoms with Gasteiger partial charge in [0.1, 0.15) is 17.0 Å². The van der Waals surface area contributed by atoms with E-state index in [4.69, 9.17) is 0 Å². The number of anilines is 1. The molecule has 1 atom stereocenters. The minimum absolute atomic E-state index is 0.120. The van der Waals surface area contributed by atoms with Gasteiger partial charge >= 0.3 is 0 Å². The van der Waals surface area contributed by atoms with Crippen LogP contribution in [0.25, 0.3) is 10.2 Å². The predicted octanol–water partition coefficient (Wildman–Crippen LogP) is 3.78. The topological polar surface area (TPSA) is 49.3 Å². The molecule has 5 rings (SSSR count). The molecule has 0 radical (unpaired) electrons. The molecule has 0 spiro atoms. The molecular weight excluding hydrogens is 368 g/mol. The minimum atomic E-state index is 0.120. The first-order valence-corrected chi connectivity index (χ1v) is 10.9. The van der Waals surface area contributed by atoms with Crippen LogP contribution in [0, 0.1) is 5.92 Å². The molecule has 1 aliphatic carbocycles. The van der Waals surface area contributed by atoms with Crippen molar-refractivity contribution in [2.75, 3.05) is 31.1 Å². The Hall–Kier alpha value is -2.47. The molecule has 2 aromatic heterocycles. The highest BCUT2D eigenvalue weighted by atomic mass is 32.1. The van der Waals surface area contributed by atoms with E-state index in [1.807, 2.05) is 46.6 Å². The van der Waals surface area contributed by atoms with Crippen LogP contribution >= 0.6 is 11.3 Å². The lowest BCUT2D eigenvalue weighted by Gasteiger charge is -2.36. The van der Waals surface area contributed by atoms with Gasteiger partial charge in [0.15, 0.2) is 0 Å². The van der Waals surface area contributed by atoms with E-state index in [0.29, 0.717) is 0 Å². The molecule has 0 saturated carbocycles. The zero-order chi connectivity index (χ0) is 19.1. The summed E-state index contributed by atoms with van der Waals surface area (Å²) in [5.41, 5.74) is 2.23. The van der Waals surface area contributed by atoms with Gasteiger partial charge in [-0.15, -0.1) is 11.3 Å². The number of aryl methyl sites for hydroxylation is 1. The van der Waals surface area contributed by atoms with Crippen LogP contribution in [-0.2, 0) is 12.8 Å². The van der Waals surface area contributed by atoms with Crippen molar-refractivity contribution < 1.29 is 4.79 Å². The normalized spacial score (nSPS) is 19.7. The lowest BCUT2D eigenvalue weighted by Crippen LogP contribution is -2.49. The Morgan fingerprint density at radius 2 is 1.89 bits per heavy atom. The van der Waals surface area contributed by atoms with Gasteiger partial charge in [-0.05, 0) is 42.9 Å². The molecule has 28 heavy (non-hydrogen) atoms. The van der Waals surface area contributed by atoms with Crippen molar-refractivity contribution in [3.8, 4) is 0 Å². The van der Waals surface area contributed by atoms with Crippen LogP contribution in [0.2, 0.25) is 0 Å². The Labute approximate surface area is 169 Å². The predicted molar refractivity (Wildman–Crippen MR) is 113 cm³/mol. The Bertz CT molecular complexity index is 1010. The number of nitrogens with zero attached hydrogens (tertiary/aromatic N) is 4. The minimum Gasteiger partial charge on any atom is -0.352 e. The van der Waals surface area contributed by atoms with E-state index < -0.39 is 0 Å². The van der Waals surface area contributed by atoms with Gasteiger partial charge in [0.25, 0.3) is 5.91 Å². The van der Waals surface area contributed by atoms with E-state index in [1.165, 1.54) is 22.2 Å². The van der Waals surface area contributed by atoms with E-state index in [-0.39, 0.29) is 5.91 Å². The lowest BCUT2D eigenvalue weighted by atomic mass is 9.89. The van der Waals surface area contributed by atoms with Crippen molar-refractivity contribution in [2.45, 2.75) is 26.2 Å². The van der Waals surface area contributed by atoms with Gasteiger partial charge in [0.2, 0.25) is 0 Å². The average molecular weight is 393 g/mol. The molecule has 0 bridgehead atoms. The average Bonchev–Trinajstić information content (AvgIpc) is 3.11. The SMILES string of the molecule is C[C@@H]1CCc2c(sc3ncnc(N4CCN(C(=O)c5ccccc5)CC4)c23)C1. The fourth-order valence-corrected chi connectivity index (χ4v) is 5.73. The smallest absolute Gasteiger partial charge is 0.253 e. The molecule has 2 aliphatic rings. The molecule has 5 nitrogen and oxygen atoms in total. The number of piperazine rings is 1. The molecule has 1 amide bonds. The highest BCUT2D eigenvalue weighted by Gasteiger charge is 2.27. The maximum absolute atomic E-state index is 12.7. The molecule has 6 heteroatoms. The van der Waals surface area contributed by atoms with Crippen molar-refractivity contribution in [1.29, 1.82) is 0 Å². The lowest BCUT2D eigenvalue weighted by molar-refractivity contribution is 0.0746. The molecular formula is C22H24N4OS. The Kier molecular flexibility index (Phi) is 4.51. The number of carbonyl (C=O) groups is 1. The van der Waals surface area contributed by atoms with Crippen molar-refractivity contribution in [3.63, 3.8) is 0 Å². The molecule has 1 saturated heterocycles. The molecule has 144 valence electrons. The molecule has 3 aromatic rings. The molecule has 1 fully saturated rings. The zero-order valence-corrected chi connectivity index (χ0v) is 16.9. The summed E-state index contributed by atoms with van der Waals surface area (Å²) in [5, 5.41) is 1.26. The summed E-state index contributed by atoms with van der Waals surface area (Å²) in [5.74, 6) is 1.93. The third-order valence-electron chi connectivity index (χ3n) is 5.96. The van der Waals surface area contributed by atoms with Gasteiger partial charge in [-0.25, -0.2) is 9.97 Å². The fraction of sp³-hybridized carbons (Fsp3) is 0.409. The summed E-state index contributed by atoms with van der Waals surface area (Å²) in [6, 6.07) is 9.56. The number of thiophene rings is 1. The number of benzene rings is 1. The van der Waals surface area contributed by atoms with Gasteiger partial charge in [-0.3, -0.25) is 4.79 Å². The van der Waals surface area contributed by atoms with Crippen LogP contribution in [0.1, 0.15) is 34.1 Å². The number of rotatable bonds is 2. The number of amides is 1. The second-order valence-electron chi connectivity index (χ2n) is 7.87. The molecule has 0 N–H and O–H groups in total. The van der Waals surface area contributed by atoms with Crippen LogP contribution in [-0.4, -0.2) is 47.0 Å². The highest BCUT2D eigenvalue weighted by molar-refractivity contribution is 7.19. The third kappa shape index (κ3) is 3.05. The van der Waals surface area contributed by atoms with Crippen LogP contribution in [0.15, 0.2) is 36.7 Å². The number of aromatic nitrogens is 2. The summed E-state index contributed by atoms with van der Waals surface area (Å²) in [7, 11) is 0. The fourth-order valence-electron chi connectivity index (χ4n) is 4.38. The second kappa shape index (κ2) is 7.17. The maximum atomic E-state index is 12.7. The van der Waals surface area contributed by atoms with E-state index in [2.05, 4.69) is 21.8 Å². The summed E-state index contributed by atoms with van der Waals surface area (Å²) < 4.78 is 0. The van der Waals surface area contributed by atoms with Crippen molar-refractivity contribution in [2.24, 2.45) is 5.92 Å². The van der Waals surface area contributed by atoms with Gasteiger partial charge in [0, 0.05) is 36.6 Å². The first-order chi connectivity index (χ1) is 13.7. The summed E-state index contributed by atoms with van der Waals surface area (Å²) >= 11 is 1.84. The Balaban J connectivity index is 1.38. The first kappa shape index (κ1) is 17.6. The van der Waals surface area contributed by atoms with Crippen LogP contribution < -0.4 is 4.90 Å². The van der Waals surface area contributed by atoms with Crippen LogP contribution in [0.3, 0.4) is 0 Å². The van der Waals surface area contributed by atoms with Crippen molar-refractivity contribution in [1.82, 2.24) is 14.9 Å². The van der Waals surface area contributed by atoms with E-state index in [1.54, 1.807) is 6.33 Å². The summed E-state index contributed by atoms with van der Waals surface area (Å²) in [6.45, 7) is 5.41. The van der Waals surface area contributed by atoms with E-state index in [9.17, 15) is 4.79 Å². The van der Waals surface area contributed by atoms with Gasteiger partial charge < -0.3 is 9.80 Å². The first-order valence-electron chi connectivity index (χ1n) is 10.0. The summed E-state index contributed by atoms with van der Waals surface area (Å²) in [6.07, 6.45) is 5.23. The van der Waals surface area contributed by atoms with Crippen molar-refractivity contribution in [3.05, 3.63) is 52.7 Å². The summed E-state index contributed by atoms with van der Waals surface area (Å²) in [4.78, 5) is 28.9. The van der Waals surface area contributed by atoms with E-state index in [0.717, 1.165) is 61.2 Å². The maximum Gasteiger partial charge on any atom is 0.253 e. The Morgan fingerprint density at radius 1 is 1.11 bits per heavy atom. The van der Waals surface area contributed by atoms with Gasteiger partial charge in [-0.1, -0.05) is 25.1 Å². The number of fused-ring (bicyclic) bond motifs is 3. The largest absolute Gasteiger partial charge is 0.352 e. The standard InChI is InChI=1S/C22H24N4OS/c1-15-7-8-17-18(13-15)28-21-19(17)20(23-14-24-21)25-9-11-26(12-10-25)22(27)16-5-3-2-4-6-16/h2-6,14-15H,7-13H2,1H3/t15-/m1/s1. The zero-order valence-electron chi connectivity index (χ0n) is 16.1. The monoisotopic (exact) mass is 392 g/mol. The quantitative estimate of drug-likeness (QED) is 0.666. The second-order valence-corrected chi connectivity index (χ2v) is 8.96. The van der Waals surface area contributed by atoms with Crippen LogP contribution in [0.4, 0.5) is 5.82 Å². The molecule has 1 aliphatic heterocycles. The number of hydrogen-bond acceptors (Lipinski definition) is 5. The van der Waals surface area contributed by atoms with E-state index >= 15 is 0 Å². The molecule has 1 aromatic carbocycles. The molecule has 3 heterocycles. The van der Waals surface area contributed by atoms with Gasteiger partial charge in [-0.2, -0.15) is 0 Å². The van der Waals surface area contributed by atoms with Gasteiger partial charge in [0.05, 0.1) is 5.39 Å². The van der Waals surface area contributed by atoms with Crippen molar-refractivity contribution >= 4 is 33.3 Å². The van der Waals surface area contributed by atoms with Crippen LogP contribution in [0.5, 0.6) is 0 Å².